The van der Waals surface area contributed by atoms with Gasteiger partial charge in [0.1, 0.15) is 12.4 Å². The Bertz CT molecular complexity index is 1120. The zero-order valence-corrected chi connectivity index (χ0v) is 18.9. The van der Waals surface area contributed by atoms with Gasteiger partial charge < -0.3 is 9.47 Å². The van der Waals surface area contributed by atoms with Crippen LogP contribution in [0.3, 0.4) is 0 Å². The lowest BCUT2D eigenvalue weighted by molar-refractivity contribution is 0.267. The number of nitrogens with zero attached hydrogens (tertiary/aromatic N) is 1. The molecule has 3 rings (SSSR count). The van der Waals surface area contributed by atoms with Crippen molar-refractivity contribution in [1.82, 2.24) is 0 Å². The van der Waals surface area contributed by atoms with Crippen LogP contribution in [0, 0.1) is 27.6 Å². The molecule has 0 N–H and O–H groups in total. The van der Waals surface area contributed by atoms with E-state index < -0.39 is 0 Å². The Morgan fingerprint density at radius 1 is 1.10 bits per heavy atom. The number of benzene rings is 3. The molecular weight excluding hydrogens is 492 g/mol. The van der Waals surface area contributed by atoms with Gasteiger partial charge in [-0.3, -0.25) is 0 Å². The average molecular weight is 513 g/mol. The highest BCUT2D eigenvalue weighted by Crippen LogP contribution is 2.36. The van der Waals surface area contributed by atoms with Crippen molar-refractivity contribution in [3.8, 4) is 17.6 Å². The van der Waals surface area contributed by atoms with Crippen LogP contribution in [0.15, 0.2) is 60.7 Å². The van der Waals surface area contributed by atoms with Crippen LogP contribution >= 0.6 is 22.6 Å². The molecule has 0 bridgehead atoms. The second-order valence-corrected chi connectivity index (χ2v) is 7.88. The molecule has 3 nitrogen and oxygen atoms in total. The third-order valence-electron chi connectivity index (χ3n) is 4.36. The van der Waals surface area contributed by atoms with Crippen LogP contribution < -0.4 is 9.47 Å². The first-order chi connectivity index (χ1) is 14.5. The van der Waals surface area contributed by atoms with Crippen molar-refractivity contribution in [2.45, 2.75) is 20.5 Å². The lowest BCUT2D eigenvalue weighted by Crippen LogP contribution is -2.02. The van der Waals surface area contributed by atoms with Gasteiger partial charge in [-0.05, 0) is 83.5 Å². The van der Waals surface area contributed by atoms with E-state index in [-0.39, 0.29) is 5.82 Å². The van der Waals surface area contributed by atoms with E-state index in [2.05, 4.69) is 34.7 Å². The van der Waals surface area contributed by atoms with Crippen LogP contribution in [0.25, 0.3) is 11.6 Å². The molecule has 0 unspecified atom stereocenters. The van der Waals surface area contributed by atoms with Crippen LogP contribution in [0.2, 0.25) is 0 Å². The summed E-state index contributed by atoms with van der Waals surface area (Å²) in [5, 5.41) is 9.56. The van der Waals surface area contributed by atoms with Crippen molar-refractivity contribution in [2.24, 2.45) is 0 Å². The summed E-state index contributed by atoms with van der Waals surface area (Å²) in [6.45, 7) is 4.87. The van der Waals surface area contributed by atoms with Gasteiger partial charge in [-0.2, -0.15) is 5.26 Å². The first-order valence-corrected chi connectivity index (χ1v) is 10.6. The molecule has 3 aromatic rings. The summed E-state index contributed by atoms with van der Waals surface area (Å²) in [4.78, 5) is 0. The average Bonchev–Trinajstić information content (AvgIpc) is 2.71. The minimum absolute atomic E-state index is 0.376. The number of halogens is 2. The third kappa shape index (κ3) is 5.61. The fraction of sp³-hybridized carbons (Fsp3) is 0.160. The first-order valence-electron chi connectivity index (χ1n) is 9.52. The van der Waals surface area contributed by atoms with E-state index >= 15 is 0 Å². The standard InChI is InChI=1S/C25H21FINO2/c1-3-29-24-13-19(11-21(15-28)20-8-5-9-22(26)14-20)12-23(27)25(24)30-16-18-7-4-6-17(2)10-18/h4-14H,3,16H2,1-2H3/b21-11-. The highest BCUT2D eigenvalue weighted by Gasteiger charge is 2.13. The molecule has 0 aliphatic carbocycles. The van der Waals surface area contributed by atoms with E-state index in [1.807, 2.05) is 44.2 Å². The predicted molar refractivity (Wildman–Crippen MR) is 126 cm³/mol. The lowest BCUT2D eigenvalue weighted by atomic mass is 10.0. The number of nitriles is 1. The number of hydrogen-bond donors (Lipinski definition) is 0. The van der Waals surface area contributed by atoms with Crippen LogP contribution in [0.4, 0.5) is 4.39 Å². The molecular formula is C25H21FINO2. The number of ether oxygens (including phenoxy) is 2. The quantitative estimate of drug-likeness (QED) is 0.199. The van der Waals surface area contributed by atoms with Gasteiger partial charge in [0.15, 0.2) is 11.5 Å². The van der Waals surface area contributed by atoms with Crippen LogP contribution in [-0.2, 0) is 6.61 Å². The van der Waals surface area contributed by atoms with Crippen LogP contribution in [0.5, 0.6) is 11.5 Å². The van der Waals surface area contributed by atoms with Crippen LogP contribution in [-0.4, -0.2) is 6.61 Å². The van der Waals surface area contributed by atoms with Gasteiger partial charge in [-0.1, -0.05) is 42.0 Å². The van der Waals surface area contributed by atoms with Crippen LogP contribution in [0.1, 0.15) is 29.2 Å². The molecule has 152 valence electrons. The molecule has 0 atom stereocenters. The van der Waals surface area contributed by atoms with Crippen molar-refractivity contribution in [3.63, 3.8) is 0 Å². The molecule has 3 aromatic carbocycles. The van der Waals surface area contributed by atoms with E-state index in [0.29, 0.717) is 35.8 Å². The van der Waals surface area contributed by atoms with E-state index in [4.69, 9.17) is 9.47 Å². The van der Waals surface area contributed by atoms with Crippen molar-refractivity contribution in [3.05, 3.63) is 92.3 Å². The largest absolute Gasteiger partial charge is 0.490 e. The van der Waals surface area contributed by atoms with Crippen molar-refractivity contribution in [2.75, 3.05) is 6.61 Å². The molecule has 0 amide bonds. The molecule has 0 saturated heterocycles. The second-order valence-electron chi connectivity index (χ2n) is 6.72. The summed E-state index contributed by atoms with van der Waals surface area (Å²) in [7, 11) is 0. The van der Waals surface area contributed by atoms with Crippen molar-refractivity contribution in [1.29, 1.82) is 5.26 Å². The molecule has 0 fully saturated rings. The Hall–Kier alpha value is -2.85. The molecule has 30 heavy (non-hydrogen) atoms. The molecule has 0 aliphatic heterocycles. The minimum Gasteiger partial charge on any atom is -0.490 e. The summed E-state index contributed by atoms with van der Waals surface area (Å²) in [6.07, 6.45) is 1.73. The summed E-state index contributed by atoms with van der Waals surface area (Å²) in [5.74, 6) is 0.901. The number of rotatable bonds is 7. The number of allylic oxidation sites excluding steroid dienone is 1. The van der Waals surface area contributed by atoms with Gasteiger partial charge in [0.2, 0.25) is 0 Å². The highest BCUT2D eigenvalue weighted by molar-refractivity contribution is 14.1. The Labute approximate surface area is 189 Å². The van der Waals surface area contributed by atoms with Crippen molar-refractivity contribution < 1.29 is 13.9 Å². The molecule has 0 radical (unpaired) electrons. The topological polar surface area (TPSA) is 42.2 Å². The van der Waals surface area contributed by atoms with Gasteiger partial charge in [0.25, 0.3) is 0 Å². The maximum Gasteiger partial charge on any atom is 0.175 e. The smallest absolute Gasteiger partial charge is 0.175 e. The third-order valence-corrected chi connectivity index (χ3v) is 5.17. The molecule has 0 heterocycles. The fourth-order valence-corrected chi connectivity index (χ4v) is 3.82. The van der Waals surface area contributed by atoms with E-state index in [0.717, 1.165) is 14.7 Å². The Balaban J connectivity index is 1.93. The monoisotopic (exact) mass is 513 g/mol. The van der Waals surface area contributed by atoms with Gasteiger partial charge in [0.05, 0.1) is 21.8 Å². The lowest BCUT2D eigenvalue weighted by Gasteiger charge is -2.15. The Morgan fingerprint density at radius 2 is 1.90 bits per heavy atom. The molecule has 0 saturated carbocycles. The summed E-state index contributed by atoms with van der Waals surface area (Å²) in [5.41, 5.74) is 3.95. The van der Waals surface area contributed by atoms with Crippen molar-refractivity contribution >= 4 is 34.2 Å². The Morgan fingerprint density at radius 3 is 2.60 bits per heavy atom. The van der Waals surface area contributed by atoms with E-state index in [1.54, 1.807) is 18.2 Å². The highest BCUT2D eigenvalue weighted by atomic mass is 127. The second kappa shape index (κ2) is 10.3. The molecule has 5 heteroatoms. The van der Waals surface area contributed by atoms with E-state index in [9.17, 15) is 9.65 Å². The number of hydrogen-bond acceptors (Lipinski definition) is 3. The summed E-state index contributed by atoms with van der Waals surface area (Å²) >= 11 is 2.20. The predicted octanol–water partition coefficient (Wildman–Crippen LogP) is 6.78. The maximum atomic E-state index is 13.6. The van der Waals surface area contributed by atoms with Gasteiger partial charge in [0, 0.05) is 0 Å². The zero-order chi connectivity index (χ0) is 21.5. The normalized spacial score (nSPS) is 11.1. The fourth-order valence-electron chi connectivity index (χ4n) is 3.03. The summed E-state index contributed by atoms with van der Waals surface area (Å²) in [6, 6.07) is 20.1. The Kier molecular flexibility index (Phi) is 7.47. The SMILES string of the molecule is CCOc1cc(/C=C(/C#N)c2cccc(F)c2)cc(I)c1OCc1cccc(C)c1. The molecule has 0 aliphatic rings. The summed E-state index contributed by atoms with van der Waals surface area (Å²) < 4.78 is 26.3. The zero-order valence-electron chi connectivity index (χ0n) is 16.8. The van der Waals surface area contributed by atoms with Gasteiger partial charge in [-0.25, -0.2) is 4.39 Å². The number of aryl methyl sites for hydroxylation is 1. The minimum atomic E-state index is -0.377. The molecule has 0 aromatic heterocycles. The maximum absolute atomic E-state index is 13.6. The van der Waals surface area contributed by atoms with E-state index in [1.165, 1.54) is 17.7 Å². The molecule has 0 spiro atoms. The van der Waals surface area contributed by atoms with Gasteiger partial charge >= 0.3 is 0 Å². The van der Waals surface area contributed by atoms with Gasteiger partial charge in [-0.15, -0.1) is 0 Å². The first kappa shape index (κ1) is 21.8.